The van der Waals surface area contributed by atoms with E-state index in [0.29, 0.717) is 6.04 Å². The van der Waals surface area contributed by atoms with Crippen molar-refractivity contribution >= 4 is 5.91 Å². The van der Waals surface area contributed by atoms with Crippen LogP contribution in [0.15, 0.2) is 24.3 Å². The Labute approximate surface area is 156 Å². The van der Waals surface area contributed by atoms with Gasteiger partial charge in [0.05, 0.1) is 5.69 Å². The molecule has 5 heteroatoms. The number of likely N-dealkylation sites (tertiary alicyclic amines) is 1. The lowest BCUT2D eigenvalue weighted by atomic mass is 10.0. The summed E-state index contributed by atoms with van der Waals surface area (Å²) >= 11 is 0. The van der Waals surface area contributed by atoms with Crippen molar-refractivity contribution in [1.82, 2.24) is 19.8 Å². The van der Waals surface area contributed by atoms with E-state index in [1.165, 1.54) is 5.56 Å². The molecule has 138 valence electrons. The van der Waals surface area contributed by atoms with Crippen LogP contribution in [0.5, 0.6) is 0 Å². The van der Waals surface area contributed by atoms with E-state index >= 15 is 0 Å². The highest BCUT2D eigenvalue weighted by Crippen LogP contribution is 2.25. The Hall–Kier alpha value is -2.27. The Kier molecular flexibility index (Phi) is 5.37. The molecule has 1 amide bonds. The number of likely N-dealkylation sites (N-methyl/N-ethyl adjacent to an activating group) is 1. The van der Waals surface area contributed by atoms with Crippen LogP contribution >= 0.6 is 0 Å². The quantitative estimate of drug-likeness (QED) is 0.848. The first-order valence-corrected chi connectivity index (χ1v) is 9.31. The highest BCUT2D eigenvalue weighted by Gasteiger charge is 2.28. The van der Waals surface area contributed by atoms with E-state index in [2.05, 4.69) is 35.9 Å². The van der Waals surface area contributed by atoms with Gasteiger partial charge in [0.15, 0.2) is 0 Å². The second-order valence-electron chi connectivity index (χ2n) is 7.27. The molecular formula is C21H28N4O. The van der Waals surface area contributed by atoms with E-state index in [4.69, 9.17) is 0 Å². The molecule has 5 nitrogen and oxygen atoms in total. The summed E-state index contributed by atoms with van der Waals surface area (Å²) in [5.41, 5.74) is 4.96. The molecule has 1 saturated heterocycles. The minimum absolute atomic E-state index is 0.117. The first kappa shape index (κ1) is 18.5. The number of aromatic nitrogens is 2. The second kappa shape index (κ2) is 7.54. The van der Waals surface area contributed by atoms with Crippen LogP contribution in [0.2, 0.25) is 0 Å². The molecule has 1 aromatic carbocycles. The van der Waals surface area contributed by atoms with Crippen LogP contribution in [0.25, 0.3) is 11.3 Å². The molecule has 0 aliphatic carbocycles. The number of carbonyl (C=O) groups excluding carboxylic acids is 1. The lowest BCUT2D eigenvalue weighted by Gasteiger charge is -2.20. The maximum atomic E-state index is 12.8. The number of rotatable bonds is 4. The van der Waals surface area contributed by atoms with Gasteiger partial charge in [-0.05, 0) is 58.5 Å². The zero-order valence-electron chi connectivity index (χ0n) is 16.4. The molecule has 1 unspecified atom stereocenters. The highest BCUT2D eigenvalue weighted by atomic mass is 16.2. The largest absolute Gasteiger partial charge is 0.337 e. The fourth-order valence-corrected chi connectivity index (χ4v) is 3.70. The van der Waals surface area contributed by atoms with Gasteiger partial charge in [0.1, 0.15) is 5.82 Å². The van der Waals surface area contributed by atoms with Crippen LogP contribution < -0.4 is 0 Å². The molecule has 26 heavy (non-hydrogen) atoms. The van der Waals surface area contributed by atoms with E-state index < -0.39 is 0 Å². The van der Waals surface area contributed by atoms with E-state index in [0.717, 1.165) is 54.3 Å². The molecule has 1 aliphatic heterocycles. The van der Waals surface area contributed by atoms with E-state index in [1.54, 1.807) is 0 Å². The first-order chi connectivity index (χ1) is 12.4. The molecular weight excluding hydrogens is 324 g/mol. The minimum atomic E-state index is 0.117. The Morgan fingerprint density at radius 1 is 1.19 bits per heavy atom. The predicted octanol–water partition coefficient (Wildman–Crippen LogP) is 3.10. The molecule has 1 aliphatic rings. The average Bonchev–Trinajstić information content (AvgIpc) is 3.11. The second-order valence-corrected chi connectivity index (χ2v) is 7.27. The fourth-order valence-electron chi connectivity index (χ4n) is 3.70. The van der Waals surface area contributed by atoms with E-state index in [1.807, 2.05) is 43.0 Å². The van der Waals surface area contributed by atoms with Crippen molar-refractivity contribution in [2.75, 3.05) is 27.2 Å². The van der Waals surface area contributed by atoms with Crippen LogP contribution in [-0.4, -0.2) is 58.9 Å². The molecule has 0 spiro atoms. The van der Waals surface area contributed by atoms with Gasteiger partial charge in [0.25, 0.3) is 5.91 Å². The van der Waals surface area contributed by atoms with Gasteiger partial charge >= 0.3 is 0 Å². The number of amides is 1. The summed E-state index contributed by atoms with van der Waals surface area (Å²) in [4.78, 5) is 26.0. The van der Waals surface area contributed by atoms with Gasteiger partial charge in [-0.1, -0.05) is 19.1 Å². The lowest BCUT2D eigenvalue weighted by molar-refractivity contribution is 0.0783. The maximum absolute atomic E-state index is 12.8. The van der Waals surface area contributed by atoms with Gasteiger partial charge < -0.3 is 9.80 Å². The third-order valence-corrected chi connectivity index (χ3v) is 5.27. The zero-order valence-corrected chi connectivity index (χ0v) is 16.4. The summed E-state index contributed by atoms with van der Waals surface area (Å²) in [7, 11) is 4.15. The van der Waals surface area contributed by atoms with Crippen molar-refractivity contribution in [3.8, 4) is 11.3 Å². The summed E-state index contributed by atoms with van der Waals surface area (Å²) in [6, 6.07) is 8.32. The Bertz CT molecular complexity index is 798. The molecule has 0 N–H and O–H groups in total. The summed E-state index contributed by atoms with van der Waals surface area (Å²) in [5.74, 6) is 0.897. The SMILES string of the molecule is CCc1c(C)nc(C)nc1-c1ccc(C(=O)N2CCC(N(C)C)C2)cc1. The fraction of sp³-hybridized carbons (Fsp3) is 0.476. The molecule has 1 fully saturated rings. The smallest absolute Gasteiger partial charge is 0.253 e. The number of carbonyl (C=O) groups is 1. The van der Waals surface area contributed by atoms with Crippen molar-refractivity contribution in [2.24, 2.45) is 0 Å². The van der Waals surface area contributed by atoms with Crippen LogP contribution in [0.1, 0.15) is 40.8 Å². The molecule has 2 aromatic rings. The maximum Gasteiger partial charge on any atom is 0.253 e. The van der Waals surface area contributed by atoms with Gasteiger partial charge in [0.2, 0.25) is 0 Å². The number of nitrogens with zero attached hydrogens (tertiary/aromatic N) is 4. The monoisotopic (exact) mass is 352 g/mol. The van der Waals surface area contributed by atoms with Crippen molar-refractivity contribution in [2.45, 2.75) is 39.7 Å². The summed E-state index contributed by atoms with van der Waals surface area (Å²) in [6.07, 6.45) is 1.93. The number of hydrogen-bond donors (Lipinski definition) is 0. The number of aryl methyl sites for hydroxylation is 2. The van der Waals surface area contributed by atoms with Crippen LogP contribution in [-0.2, 0) is 6.42 Å². The Balaban J connectivity index is 1.83. The molecule has 0 radical (unpaired) electrons. The van der Waals surface area contributed by atoms with Crippen LogP contribution in [0.3, 0.4) is 0 Å². The predicted molar refractivity (Wildman–Crippen MR) is 104 cm³/mol. The van der Waals surface area contributed by atoms with E-state index in [9.17, 15) is 4.79 Å². The van der Waals surface area contributed by atoms with Gasteiger partial charge in [-0.15, -0.1) is 0 Å². The van der Waals surface area contributed by atoms with Crippen molar-refractivity contribution in [3.05, 3.63) is 46.9 Å². The molecule has 1 atom stereocenters. The number of benzene rings is 1. The molecule has 3 rings (SSSR count). The average molecular weight is 352 g/mol. The van der Waals surface area contributed by atoms with Crippen molar-refractivity contribution in [3.63, 3.8) is 0 Å². The molecule has 1 aromatic heterocycles. The standard InChI is InChI=1S/C21H28N4O/c1-6-19-14(2)22-15(3)23-20(19)16-7-9-17(10-8-16)21(26)25-12-11-18(13-25)24(4)5/h7-10,18H,6,11-13H2,1-5H3. The zero-order chi connectivity index (χ0) is 18.8. The number of hydrogen-bond acceptors (Lipinski definition) is 4. The summed E-state index contributed by atoms with van der Waals surface area (Å²) in [6.45, 7) is 7.70. The highest BCUT2D eigenvalue weighted by molar-refractivity contribution is 5.95. The lowest BCUT2D eigenvalue weighted by Crippen LogP contribution is -2.34. The van der Waals surface area contributed by atoms with Crippen LogP contribution in [0, 0.1) is 13.8 Å². The molecule has 0 bridgehead atoms. The van der Waals surface area contributed by atoms with Gasteiger partial charge in [-0.2, -0.15) is 0 Å². The summed E-state index contributed by atoms with van der Waals surface area (Å²) in [5, 5.41) is 0. The topological polar surface area (TPSA) is 49.3 Å². The summed E-state index contributed by atoms with van der Waals surface area (Å²) < 4.78 is 0. The third kappa shape index (κ3) is 3.63. The van der Waals surface area contributed by atoms with Crippen molar-refractivity contribution in [1.29, 1.82) is 0 Å². The molecule has 0 saturated carbocycles. The Morgan fingerprint density at radius 2 is 1.88 bits per heavy atom. The first-order valence-electron chi connectivity index (χ1n) is 9.31. The van der Waals surface area contributed by atoms with E-state index in [-0.39, 0.29) is 5.91 Å². The van der Waals surface area contributed by atoms with Gasteiger partial charge in [0, 0.05) is 36.0 Å². The van der Waals surface area contributed by atoms with Crippen LogP contribution in [0.4, 0.5) is 0 Å². The van der Waals surface area contributed by atoms with Crippen molar-refractivity contribution < 1.29 is 4.79 Å². The normalized spacial score (nSPS) is 17.2. The minimum Gasteiger partial charge on any atom is -0.337 e. The van der Waals surface area contributed by atoms with Gasteiger partial charge in [-0.25, -0.2) is 9.97 Å². The van der Waals surface area contributed by atoms with Gasteiger partial charge in [-0.3, -0.25) is 4.79 Å². The third-order valence-electron chi connectivity index (χ3n) is 5.27. The Morgan fingerprint density at radius 3 is 2.46 bits per heavy atom. The molecule has 2 heterocycles.